The lowest BCUT2D eigenvalue weighted by Crippen LogP contribution is -1.87. The number of hydrogen-bond acceptors (Lipinski definition) is 3. The maximum Gasteiger partial charge on any atom is 0.138 e. The van der Waals surface area contributed by atoms with Gasteiger partial charge in [0.1, 0.15) is 11.4 Å². The monoisotopic (exact) mass is 320 g/mol. The van der Waals surface area contributed by atoms with E-state index in [0.29, 0.717) is 0 Å². The maximum absolute atomic E-state index is 5.54. The number of methoxy groups -OCH3 is 1. The first-order valence-corrected chi connectivity index (χ1v) is 8.26. The summed E-state index contributed by atoms with van der Waals surface area (Å²) in [6.07, 6.45) is 3.87. The van der Waals surface area contributed by atoms with Crippen LogP contribution >= 0.6 is 11.3 Å². The van der Waals surface area contributed by atoms with E-state index in [-0.39, 0.29) is 0 Å². The molecule has 0 spiro atoms. The van der Waals surface area contributed by atoms with Crippen LogP contribution in [0.15, 0.2) is 54.9 Å². The molecule has 0 saturated carbocycles. The summed E-state index contributed by atoms with van der Waals surface area (Å²) in [6.45, 7) is 2.13. The topological polar surface area (TPSA) is 37.9 Å². The molecule has 0 aliphatic rings. The van der Waals surface area contributed by atoms with Crippen LogP contribution in [-0.4, -0.2) is 17.1 Å². The van der Waals surface area contributed by atoms with Crippen LogP contribution in [-0.2, 0) is 0 Å². The predicted molar refractivity (Wildman–Crippen MR) is 96.1 cm³/mol. The first-order chi connectivity index (χ1) is 11.3. The summed E-state index contributed by atoms with van der Waals surface area (Å²) in [5, 5.41) is 1.14. The molecule has 0 fully saturated rings. The van der Waals surface area contributed by atoms with E-state index in [1.165, 1.54) is 15.3 Å². The van der Waals surface area contributed by atoms with Crippen molar-refractivity contribution in [3.05, 3.63) is 59.7 Å². The fourth-order valence-electron chi connectivity index (χ4n) is 2.92. The van der Waals surface area contributed by atoms with Crippen molar-refractivity contribution in [3.8, 4) is 27.3 Å². The molecule has 1 aromatic carbocycles. The standard InChI is InChI=1S/C19H16N2OS/c1-12-7-8-17(23-12)14-9-10-20-19-18(14)15(11-21-19)13-5-3-4-6-16(13)22-2/h3-11H,1-2H3,(H,20,21). The zero-order valence-corrected chi connectivity index (χ0v) is 13.8. The quantitative estimate of drug-likeness (QED) is 0.558. The Morgan fingerprint density at radius 2 is 1.87 bits per heavy atom. The summed E-state index contributed by atoms with van der Waals surface area (Å²) < 4.78 is 5.54. The number of fused-ring (bicyclic) bond motifs is 1. The van der Waals surface area contributed by atoms with Gasteiger partial charge >= 0.3 is 0 Å². The van der Waals surface area contributed by atoms with Crippen LogP contribution in [0.25, 0.3) is 32.6 Å². The van der Waals surface area contributed by atoms with Crippen LogP contribution in [0.1, 0.15) is 4.88 Å². The van der Waals surface area contributed by atoms with Crippen LogP contribution < -0.4 is 4.74 Å². The number of hydrogen-bond donors (Lipinski definition) is 1. The average Bonchev–Trinajstić information content (AvgIpc) is 3.21. The highest BCUT2D eigenvalue weighted by molar-refractivity contribution is 7.15. The van der Waals surface area contributed by atoms with Gasteiger partial charge in [0, 0.05) is 44.2 Å². The lowest BCUT2D eigenvalue weighted by molar-refractivity contribution is 0.416. The maximum atomic E-state index is 5.54. The summed E-state index contributed by atoms with van der Waals surface area (Å²) in [4.78, 5) is 10.3. The number of rotatable bonds is 3. The molecule has 0 unspecified atom stereocenters. The van der Waals surface area contributed by atoms with Gasteiger partial charge in [-0.1, -0.05) is 18.2 Å². The van der Waals surface area contributed by atoms with E-state index in [0.717, 1.165) is 27.9 Å². The summed E-state index contributed by atoms with van der Waals surface area (Å²) in [7, 11) is 1.70. The number of aryl methyl sites for hydroxylation is 1. The number of para-hydroxylation sites is 1. The SMILES string of the molecule is COc1ccccc1-c1c[nH]c2nccc(-c3ccc(C)s3)c12. The minimum Gasteiger partial charge on any atom is -0.496 e. The highest BCUT2D eigenvalue weighted by Gasteiger charge is 2.16. The van der Waals surface area contributed by atoms with E-state index in [1.54, 1.807) is 18.4 Å². The van der Waals surface area contributed by atoms with E-state index in [4.69, 9.17) is 4.74 Å². The van der Waals surface area contributed by atoms with Gasteiger partial charge in [0.15, 0.2) is 0 Å². The number of aromatic amines is 1. The number of thiophene rings is 1. The van der Waals surface area contributed by atoms with Crippen LogP contribution in [0.2, 0.25) is 0 Å². The molecule has 0 radical (unpaired) electrons. The van der Waals surface area contributed by atoms with E-state index in [1.807, 2.05) is 30.6 Å². The molecule has 4 rings (SSSR count). The molecule has 0 bridgehead atoms. The molecule has 4 heteroatoms. The van der Waals surface area contributed by atoms with Crippen molar-refractivity contribution in [2.24, 2.45) is 0 Å². The minimum atomic E-state index is 0.866. The molecule has 3 heterocycles. The fraction of sp³-hybridized carbons (Fsp3) is 0.105. The van der Waals surface area contributed by atoms with Crippen LogP contribution in [0, 0.1) is 6.92 Å². The molecule has 3 aromatic heterocycles. The Bertz CT molecular complexity index is 984. The Morgan fingerprint density at radius 3 is 2.65 bits per heavy atom. The van der Waals surface area contributed by atoms with Gasteiger partial charge in [-0.25, -0.2) is 4.98 Å². The van der Waals surface area contributed by atoms with Gasteiger partial charge in [0.05, 0.1) is 7.11 Å². The Kier molecular flexibility index (Phi) is 3.39. The van der Waals surface area contributed by atoms with E-state index in [9.17, 15) is 0 Å². The highest BCUT2D eigenvalue weighted by Crippen LogP contribution is 2.40. The molecule has 1 N–H and O–H groups in total. The molecule has 0 atom stereocenters. The number of H-pyrrole nitrogens is 1. The summed E-state index contributed by atoms with van der Waals surface area (Å²) in [5.74, 6) is 0.866. The van der Waals surface area contributed by atoms with Crippen molar-refractivity contribution in [1.29, 1.82) is 0 Å². The van der Waals surface area contributed by atoms with Crippen LogP contribution in [0.3, 0.4) is 0 Å². The number of nitrogens with one attached hydrogen (secondary N) is 1. The normalized spacial score (nSPS) is 11.0. The van der Waals surface area contributed by atoms with Crippen LogP contribution in [0.5, 0.6) is 5.75 Å². The Labute approximate surface area is 138 Å². The molecule has 23 heavy (non-hydrogen) atoms. The van der Waals surface area contributed by atoms with Crippen molar-refractivity contribution < 1.29 is 4.74 Å². The van der Waals surface area contributed by atoms with Crippen LogP contribution in [0.4, 0.5) is 0 Å². The van der Waals surface area contributed by atoms with E-state index >= 15 is 0 Å². The molecular formula is C19H16N2OS. The van der Waals surface area contributed by atoms with Gasteiger partial charge in [-0.05, 0) is 31.2 Å². The lowest BCUT2D eigenvalue weighted by Gasteiger charge is -2.08. The van der Waals surface area contributed by atoms with Gasteiger partial charge in [-0.15, -0.1) is 11.3 Å². The number of aromatic nitrogens is 2. The third-order valence-corrected chi connectivity index (χ3v) is 5.01. The van der Waals surface area contributed by atoms with Crippen molar-refractivity contribution >= 4 is 22.4 Å². The van der Waals surface area contributed by atoms with Crippen molar-refractivity contribution in [2.75, 3.05) is 7.11 Å². The zero-order chi connectivity index (χ0) is 15.8. The molecule has 0 aliphatic carbocycles. The molecule has 114 valence electrons. The second kappa shape index (κ2) is 5.56. The first-order valence-electron chi connectivity index (χ1n) is 7.44. The smallest absolute Gasteiger partial charge is 0.138 e. The van der Waals surface area contributed by atoms with Gasteiger partial charge in [0.2, 0.25) is 0 Å². The molecule has 0 amide bonds. The predicted octanol–water partition coefficient (Wildman–Crippen LogP) is 5.28. The Hall–Kier alpha value is -2.59. The minimum absolute atomic E-state index is 0.866. The lowest BCUT2D eigenvalue weighted by atomic mass is 10.0. The third-order valence-electron chi connectivity index (χ3n) is 3.98. The first kappa shape index (κ1) is 14.0. The Morgan fingerprint density at radius 1 is 1.00 bits per heavy atom. The molecule has 3 nitrogen and oxygen atoms in total. The number of pyridine rings is 1. The van der Waals surface area contributed by atoms with Crippen molar-refractivity contribution in [2.45, 2.75) is 6.92 Å². The number of ether oxygens (including phenoxy) is 1. The van der Waals surface area contributed by atoms with Crippen molar-refractivity contribution in [1.82, 2.24) is 9.97 Å². The molecule has 0 aliphatic heterocycles. The highest BCUT2D eigenvalue weighted by atomic mass is 32.1. The van der Waals surface area contributed by atoms with E-state index in [2.05, 4.69) is 41.2 Å². The summed E-state index contributed by atoms with van der Waals surface area (Å²) >= 11 is 1.80. The number of nitrogens with zero attached hydrogens (tertiary/aromatic N) is 1. The van der Waals surface area contributed by atoms with Gasteiger partial charge in [-0.3, -0.25) is 0 Å². The zero-order valence-electron chi connectivity index (χ0n) is 13.0. The molecule has 4 aromatic rings. The summed E-state index contributed by atoms with van der Waals surface area (Å²) in [5.41, 5.74) is 4.29. The molecular weight excluding hydrogens is 304 g/mol. The second-order valence-electron chi connectivity index (χ2n) is 5.40. The third kappa shape index (κ3) is 2.32. The van der Waals surface area contributed by atoms with Gasteiger partial charge < -0.3 is 9.72 Å². The largest absolute Gasteiger partial charge is 0.496 e. The number of benzene rings is 1. The second-order valence-corrected chi connectivity index (χ2v) is 6.68. The average molecular weight is 320 g/mol. The fourth-order valence-corrected chi connectivity index (χ4v) is 3.82. The van der Waals surface area contributed by atoms with Gasteiger partial charge in [-0.2, -0.15) is 0 Å². The van der Waals surface area contributed by atoms with Gasteiger partial charge in [0.25, 0.3) is 0 Å². The summed E-state index contributed by atoms with van der Waals surface area (Å²) in [6, 6.07) is 14.5. The van der Waals surface area contributed by atoms with Crippen molar-refractivity contribution in [3.63, 3.8) is 0 Å². The Balaban J connectivity index is 2.02. The van der Waals surface area contributed by atoms with E-state index < -0.39 is 0 Å². The molecule has 0 saturated heterocycles.